The average Bonchev–Trinajstić information content (AvgIpc) is 3.19. The molecule has 29 heavy (non-hydrogen) atoms. The lowest BCUT2D eigenvalue weighted by molar-refractivity contribution is -0.120. The summed E-state index contributed by atoms with van der Waals surface area (Å²) in [4.78, 5) is 24.1. The van der Waals surface area contributed by atoms with E-state index < -0.39 is 11.8 Å². The normalized spacial score (nSPS) is 12.0. The molecule has 0 radical (unpaired) electrons. The van der Waals surface area contributed by atoms with Crippen molar-refractivity contribution >= 4 is 40.6 Å². The van der Waals surface area contributed by atoms with Crippen molar-refractivity contribution < 1.29 is 28.5 Å². The highest BCUT2D eigenvalue weighted by atomic mass is 127. The number of fused-ring (bicyclic) bond motifs is 1. The highest BCUT2D eigenvalue weighted by molar-refractivity contribution is 14.1. The summed E-state index contributed by atoms with van der Waals surface area (Å²) in [5, 5.41) is 6.42. The summed E-state index contributed by atoms with van der Waals surface area (Å²) in [7, 11) is 3.10. The second kappa shape index (κ2) is 9.45. The van der Waals surface area contributed by atoms with Crippen molar-refractivity contribution in [2.45, 2.75) is 0 Å². The van der Waals surface area contributed by atoms with Gasteiger partial charge in [0, 0.05) is 5.56 Å². The molecule has 0 saturated heterocycles. The maximum Gasteiger partial charge on any atom is 0.259 e. The Bertz CT molecular complexity index is 963. The summed E-state index contributed by atoms with van der Waals surface area (Å²) in [6, 6.07) is 8.37. The minimum Gasteiger partial charge on any atom is -0.493 e. The first-order valence-corrected chi connectivity index (χ1v) is 9.51. The Hall–Kier alpha value is -3.02. The van der Waals surface area contributed by atoms with E-state index in [9.17, 15) is 9.59 Å². The zero-order chi connectivity index (χ0) is 20.8. The third kappa shape index (κ3) is 5.08. The number of amides is 2. The summed E-state index contributed by atoms with van der Waals surface area (Å²) in [6.45, 7) is -0.103. The standard InChI is InChI=1S/C19H18IN3O6/c1-26-16-6-11(5-13(20)18(16)27-2)8-22-23-17(24)9-21-19(25)12-3-4-14-15(7-12)29-10-28-14/h3-8H,9-10H2,1-2H3,(H,21,25)(H,23,24)/b22-8-. The van der Waals surface area contributed by atoms with Gasteiger partial charge < -0.3 is 24.3 Å². The molecule has 0 bridgehead atoms. The van der Waals surface area contributed by atoms with Gasteiger partial charge in [-0.3, -0.25) is 9.59 Å². The largest absolute Gasteiger partial charge is 0.493 e. The summed E-state index contributed by atoms with van der Waals surface area (Å²) >= 11 is 2.12. The number of halogens is 1. The van der Waals surface area contributed by atoms with Gasteiger partial charge in [0.1, 0.15) is 0 Å². The van der Waals surface area contributed by atoms with E-state index in [1.165, 1.54) is 6.21 Å². The number of methoxy groups -OCH3 is 2. The van der Waals surface area contributed by atoms with E-state index in [4.69, 9.17) is 18.9 Å². The van der Waals surface area contributed by atoms with Crippen LogP contribution in [-0.4, -0.2) is 45.6 Å². The molecule has 10 heteroatoms. The van der Waals surface area contributed by atoms with E-state index in [0.717, 1.165) is 9.13 Å². The number of rotatable bonds is 7. The second-order valence-corrected chi connectivity index (χ2v) is 6.94. The summed E-state index contributed by atoms with van der Waals surface area (Å²) in [6.07, 6.45) is 1.47. The first-order valence-electron chi connectivity index (χ1n) is 8.43. The Morgan fingerprint density at radius 2 is 1.97 bits per heavy atom. The third-order valence-electron chi connectivity index (χ3n) is 3.90. The van der Waals surface area contributed by atoms with E-state index in [-0.39, 0.29) is 13.3 Å². The molecule has 0 unspecified atom stereocenters. The van der Waals surface area contributed by atoms with Crippen molar-refractivity contribution in [3.05, 3.63) is 45.0 Å². The van der Waals surface area contributed by atoms with Gasteiger partial charge >= 0.3 is 0 Å². The maximum absolute atomic E-state index is 12.2. The topological polar surface area (TPSA) is 107 Å². The van der Waals surface area contributed by atoms with Crippen LogP contribution in [0.15, 0.2) is 35.4 Å². The third-order valence-corrected chi connectivity index (χ3v) is 4.70. The van der Waals surface area contributed by atoms with Crippen LogP contribution in [0.3, 0.4) is 0 Å². The van der Waals surface area contributed by atoms with Crippen molar-refractivity contribution in [3.63, 3.8) is 0 Å². The minimum absolute atomic E-state index is 0.125. The van der Waals surface area contributed by atoms with Crippen LogP contribution in [0.1, 0.15) is 15.9 Å². The number of carbonyl (C=O) groups is 2. The fourth-order valence-corrected chi connectivity index (χ4v) is 3.38. The highest BCUT2D eigenvalue weighted by Gasteiger charge is 2.16. The Morgan fingerprint density at radius 1 is 1.17 bits per heavy atom. The van der Waals surface area contributed by atoms with Gasteiger partial charge in [-0.15, -0.1) is 0 Å². The molecule has 0 aliphatic carbocycles. The van der Waals surface area contributed by atoms with Crippen LogP contribution in [0.4, 0.5) is 0 Å². The summed E-state index contributed by atoms with van der Waals surface area (Å²) in [5.74, 6) is 1.39. The first-order chi connectivity index (χ1) is 14.0. The van der Waals surface area contributed by atoms with Crippen LogP contribution in [0, 0.1) is 3.57 Å². The van der Waals surface area contributed by atoms with Crippen molar-refractivity contribution in [1.82, 2.24) is 10.7 Å². The van der Waals surface area contributed by atoms with E-state index in [1.807, 2.05) is 6.07 Å². The van der Waals surface area contributed by atoms with Crippen LogP contribution in [0.5, 0.6) is 23.0 Å². The van der Waals surface area contributed by atoms with Crippen LogP contribution >= 0.6 is 22.6 Å². The monoisotopic (exact) mass is 511 g/mol. The predicted molar refractivity (Wildman–Crippen MR) is 113 cm³/mol. The summed E-state index contributed by atoms with van der Waals surface area (Å²) < 4.78 is 21.8. The molecule has 0 aromatic heterocycles. The average molecular weight is 511 g/mol. The van der Waals surface area contributed by atoms with Crippen LogP contribution in [0.2, 0.25) is 0 Å². The molecule has 0 atom stereocenters. The number of hydrogen-bond acceptors (Lipinski definition) is 7. The molecule has 2 N–H and O–H groups in total. The Labute approximate surface area is 180 Å². The molecule has 2 aromatic rings. The molecule has 1 heterocycles. The van der Waals surface area contributed by atoms with Gasteiger partial charge in [-0.1, -0.05) is 0 Å². The number of ether oxygens (including phenoxy) is 4. The molecule has 0 spiro atoms. The molecule has 3 rings (SSSR count). The Morgan fingerprint density at radius 3 is 2.72 bits per heavy atom. The molecular weight excluding hydrogens is 493 g/mol. The van der Waals surface area contributed by atoms with Crippen LogP contribution in [-0.2, 0) is 4.79 Å². The van der Waals surface area contributed by atoms with Gasteiger partial charge in [-0.05, 0) is 58.5 Å². The van der Waals surface area contributed by atoms with Gasteiger partial charge in [-0.25, -0.2) is 5.43 Å². The first kappa shape index (κ1) is 20.7. The number of carbonyl (C=O) groups excluding carboxylic acids is 2. The summed E-state index contributed by atoms with van der Waals surface area (Å²) in [5.41, 5.74) is 3.45. The van der Waals surface area contributed by atoms with Crippen molar-refractivity contribution in [1.29, 1.82) is 0 Å². The van der Waals surface area contributed by atoms with Crippen LogP contribution in [0.25, 0.3) is 0 Å². The van der Waals surface area contributed by atoms with Gasteiger partial charge in [0.2, 0.25) is 6.79 Å². The number of benzene rings is 2. The Balaban J connectivity index is 1.52. The van der Waals surface area contributed by atoms with Crippen molar-refractivity contribution in [2.24, 2.45) is 5.10 Å². The van der Waals surface area contributed by atoms with Crippen molar-refractivity contribution in [2.75, 3.05) is 27.6 Å². The smallest absolute Gasteiger partial charge is 0.259 e. The van der Waals surface area contributed by atoms with Gasteiger partial charge in [0.15, 0.2) is 23.0 Å². The number of hydrazone groups is 1. The number of hydrogen-bond donors (Lipinski definition) is 2. The van der Waals surface area contributed by atoms with Crippen LogP contribution < -0.4 is 29.7 Å². The molecule has 0 saturated carbocycles. The maximum atomic E-state index is 12.2. The second-order valence-electron chi connectivity index (χ2n) is 5.78. The zero-order valence-electron chi connectivity index (χ0n) is 15.7. The number of nitrogens with zero attached hydrogens (tertiary/aromatic N) is 1. The van der Waals surface area contributed by atoms with Gasteiger partial charge in [-0.2, -0.15) is 5.10 Å². The molecule has 1 aliphatic heterocycles. The quantitative estimate of drug-likeness (QED) is 0.334. The van der Waals surface area contributed by atoms with Gasteiger partial charge in [0.05, 0.1) is 30.5 Å². The lowest BCUT2D eigenvalue weighted by atomic mass is 10.2. The molecule has 9 nitrogen and oxygen atoms in total. The highest BCUT2D eigenvalue weighted by Crippen LogP contribution is 2.33. The molecule has 1 aliphatic rings. The van der Waals surface area contributed by atoms with Crippen molar-refractivity contribution in [3.8, 4) is 23.0 Å². The Kier molecular flexibility index (Phi) is 6.75. The van der Waals surface area contributed by atoms with E-state index >= 15 is 0 Å². The lowest BCUT2D eigenvalue weighted by Gasteiger charge is -2.10. The zero-order valence-corrected chi connectivity index (χ0v) is 17.8. The van der Waals surface area contributed by atoms with E-state index in [2.05, 4.69) is 38.4 Å². The molecule has 2 amide bonds. The molecular formula is C19H18IN3O6. The fourth-order valence-electron chi connectivity index (χ4n) is 2.53. The number of nitrogens with one attached hydrogen (secondary N) is 2. The minimum atomic E-state index is -0.467. The SMILES string of the molecule is COc1cc(/C=N\NC(=O)CNC(=O)c2ccc3c(c2)OCO3)cc(I)c1OC. The molecule has 0 fully saturated rings. The van der Waals surface area contributed by atoms with Gasteiger partial charge in [0.25, 0.3) is 11.8 Å². The van der Waals surface area contributed by atoms with E-state index in [0.29, 0.717) is 28.6 Å². The fraction of sp³-hybridized carbons (Fsp3) is 0.211. The van der Waals surface area contributed by atoms with E-state index in [1.54, 1.807) is 38.5 Å². The predicted octanol–water partition coefficient (Wildman–Crippen LogP) is 1.92. The molecule has 152 valence electrons. The molecule has 2 aromatic carbocycles. The lowest BCUT2D eigenvalue weighted by Crippen LogP contribution is -2.34.